The van der Waals surface area contributed by atoms with Crippen molar-refractivity contribution in [1.82, 2.24) is 14.8 Å². The standard InChI is InChI=1S/C18H13N5O4S/c24-17(12-4-1-5-13(10-12)23(25)26)22-18(19-11-14-6-3-9-28-14)20-16(21-22)15-7-2-8-27-15/h1-10H,11H2,(H,19,20,21). The van der Waals surface area contributed by atoms with E-state index in [0.717, 1.165) is 9.56 Å². The Bertz CT molecular complexity index is 1120. The van der Waals surface area contributed by atoms with Gasteiger partial charge < -0.3 is 9.73 Å². The minimum atomic E-state index is -0.553. The molecule has 0 aliphatic heterocycles. The van der Waals surface area contributed by atoms with Crippen LogP contribution in [0.2, 0.25) is 0 Å². The van der Waals surface area contributed by atoms with Crippen LogP contribution in [0.1, 0.15) is 15.2 Å². The lowest BCUT2D eigenvalue weighted by atomic mass is 10.2. The number of anilines is 1. The molecule has 0 radical (unpaired) electrons. The number of rotatable bonds is 6. The first kappa shape index (κ1) is 17.6. The molecule has 0 aliphatic carbocycles. The molecular formula is C18H13N5O4S. The summed E-state index contributed by atoms with van der Waals surface area (Å²) in [4.78, 5) is 28.8. The van der Waals surface area contributed by atoms with Crippen molar-refractivity contribution in [3.8, 4) is 11.6 Å². The van der Waals surface area contributed by atoms with Gasteiger partial charge in [-0.25, -0.2) is 0 Å². The highest BCUT2D eigenvalue weighted by atomic mass is 32.1. The summed E-state index contributed by atoms with van der Waals surface area (Å²) in [5.41, 5.74) is -0.0467. The quantitative estimate of drug-likeness (QED) is 0.390. The third kappa shape index (κ3) is 3.53. The number of nitrogens with one attached hydrogen (secondary N) is 1. The van der Waals surface area contributed by atoms with Crippen LogP contribution in [-0.4, -0.2) is 25.6 Å². The van der Waals surface area contributed by atoms with E-state index in [0.29, 0.717) is 12.3 Å². The topological polar surface area (TPSA) is 116 Å². The van der Waals surface area contributed by atoms with E-state index < -0.39 is 10.8 Å². The van der Waals surface area contributed by atoms with Gasteiger partial charge in [-0.15, -0.1) is 16.4 Å². The maximum atomic E-state index is 13.0. The predicted octanol–water partition coefficient (Wildman–Crippen LogP) is 3.81. The van der Waals surface area contributed by atoms with Crippen LogP contribution in [0.5, 0.6) is 0 Å². The number of hydrogen-bond acceptors (Lipinski definition) is 8. The summed E-state index contributed by atoms with van der Waals surface area (Å²) in [5, 5.41) is 20.3. The Morgan fingerprint density at radius 1 is 1.25 bits per heavy atom. The molecule has 0 bridgehead atoms. The SMILES string of the molecule is O=C(c1cccc([N+](=O)[O-])c1)n1nc(-c2ccco2)nc1NCc1cccs1. The maximum absolute atomic E-state index is 13.0. The fraction of sp³-hybridized carbons (Fsp3) is 0.0556. The molecule has 4 rings (SSSR count). The smallest absolute Gasteiger partial charge is 0.281 e. The van der Waals surface area contributed by atoms with E-state index in [4.69, 9.17) is 4.42 Å². The molecule has 0 fully saturated rings. The molecule has 0 amide bonds. The number of benzene rings is 1. The molecule has 0 atom stereocenters. The minimum Gasteiger partial charge on any atom is -0.461 e. The van der Waals surface area contributed by atoms with Gasteiger partial charge in [0.1, 0.15) is 0 Å². The summed E-state index contributed by atoms with van der Waals surface area (Å²) < 4.78 is 6.40. The van der Waals surface area contributed by atoms with Crippen LogP contribution in [0.25, 0.3) is 11.6 Å². The molecule has 4 aromatic rings. The first-order valence-electron chi connectivity index (χ1n) is 8.18. The van der Waals surface area contributed by atoms with E-state index >= 15 is 0 Å². The molecule has 3 heterocycles. The van der Waals surface area contributed by atoms with Gasteiger partial charge in [-0.1, -0.05) is 12.1 Å². The van der Waals surface area contributed by atoms with E-state index in [9.17, 15) is 14.9 Å². The molecule has 0 aliphatic rings. The Labute approximate surface area is 162 Å². The van der Waals surface area contributed by atoms with Crippen molar-refractivity contribution in [1.29, 1.82) is 0 Å². The number of aromatic nitrogens is 3. The number of carbonyl (C=O) groups excluding carboxylic acids is 1. The second-order valence-electron chi connectivity index (χ2n) is 5.69. The highest BCUT2D eigenvalue weighted by molar-refractivity contribution is 7.09. The normalized spacial score (nSPS) is 10.7. The summed E-state index contributed by atoms with van der Waals surface area (Å²) in [6.07, 6.45) is 1.48. The number of nitro groups is 1. The highest BCUT2D eigenvalue weighted by Gasteiger charge is 2.21. The van der Waals surface area contributed by atoms with E-state index in [2.05, 4.69) is 15.4 Å². The van der Waals surface area contributed by atoms with Gasteiger partial charge in [0.15, 0.2) is 5.76 Å². The molecule has 10 heteroatoms. The molecule has 0 spiro atoms. The van der Waals surface area contributed by atoms with Gasteiger partial charge in [-0.2, -0.15) is 9.67 Å². The number of hydrogen-bond donors (Lipinski definition) is 1. The van der Waals surface area contributed by atoms with Crippen LogP contribution in [0.4, 0.5) is 11.6 Å². The Hall–Kier alpha value is -3.79. The van der Waals surface area contributed by atoms with Gasteiger partial charge in [-0.3, -0.25) is 14.9 Å². The molecule has 0 saturated carbocycles. The largest absolute Gasteiger partial charge is 0.461 e. The third-order valence-electron chi connectivity index (χ3n) is 3.85. The zero-order valence-corrected chi connectivity index (χ0v) is 15.1. The zero-order valence-electron chi connectivity index (χ0n) is 14.3. The summed E-state index contributed by atoms with van der Waals surface area (Å²) in [7, 11) is 0. The van der Waals surface area contributed by atoms with E-state index in [1.807, 2.05) is 17.5 Å². The van der Waals surface area contributed by atoms with Crippen LogP contribution >= 0.6 is 11.3 Å². The van der Waals surface area contributed by atoms with Gasteiger partial charge >= 0.3 is 0 Å². The van der Waals surface area contributed by atoms with Crippen LogP contribution in [0.3, 0.4) is 0 Å². The average Bonchev–Trinajstić information content (AvgIpc) is 3.47. The van der Waals surface area contributed by atoms with Crippen LogP contribution in [-0.2, 0) is 6.54 Å². The van der Waals surface area contributed by atoms with Gasteiger partial charge in [0.05, 0.1) is 17.7 Å². The predicted molar refractivity (Wildman–Crippen MR) is 102 cm³/mol. The number of furan rings is 1. The van der Waals surface area contributed by atoms with Crippen molar-refractivity contribution in [3.63, 3.8) is 0 Å². The molecule has 140 valence electrons. The molecular weight excluding hydrogens is 382 g/mol. The Morgan fingerprint density at radius 3 is 2.86 bits per heavy atom. The van der Waals surface area contributed by atoms with Gasteiger partial charge in [-0.05, 0) is 29.6 Å². The zero-order chi connectivity index (χ0) is 19.5. The van der Waals surface area contributed by atoms with Crippen LogP contribution in [0.15, 0.2) is 64.6 Å². The lowest BCUT2D eigenvalue weighted by molar-refractivity contribution is -0.384. The van der Waals surface area contributed by atoms with E-state index in [1.54, 1.807) is 23.5 Å². The molecule has 3 aromatic heterocycles. The lowest BCUT2D eigenvalue weighted by Gasteiger charge is -2.06. The molecule has 0 saturated heterocycles. The van der Waals surface area contributed by atoms with Gasteiger partial charge in [0.2, 0.25) is 11.8 Å². The highest BCUT2D eigenvalue weighted by Crippen LogP contribution is 2.21. The first-order chi connectivity index (χ1) is 13.6. The summed E-state index contributed by atoms with van der Waals surface area (Å²) >= 11 is 1.56. The molecule has 28 heavy (non-hydrogen) atoms. The van der Waals surface area contributed by atoms with Crippen molar-refractivity contribution in [3.05, 3.63) is 80.7 Å². The third-order valence-corrected chi connectivity index (χ3v) is 4.72. The fourth-order valence-corrected chi connectivity index (χ4v) is 3.18. The maximum Gasteiger partial charge on any atom is 0.281 e. The summed E-state index contributed by atoms with van der Waals surface area (Å²) in [5.74, 6) is 0.321. The van der Waals surface area contributed by atoms with Crippen molar-refractivity contribution < 1.29 is 14.1 Å². The number of thiophene rings is 1. The lowest BCUT2D eigenvalue weighted by Crippen LogP contribution is -2.17. The van der Waals surface area contributed by atoms with Crippen LogP contribution in [0, 0.1) is 10.1 Å². The minimum absolute atomic E-state index is 0.129. The van der Waals surface area contributed by atoms with Crippen molar-refractivity contribution in [2.45, 2.75) is 6.54 Å². The summed E-state index contributed by atoms with van der Waals surface area (Å²) in [6.45, 7) is 0.455. The molecule has 1 aromatic carbocycles. The van der Waals surface area contributed by atoms with Crippen molar-refractivity contribution in [2.75, 3.05) is 5.32 Å². The van der Waals surface area contributed by atoms with Crippen molar-refractivity contribution in [2.24, 2.45) is 0 Å². The Balaban J connectivity index is 1.70. The number of nitro benzene ring substituents is 1. The average molecular weight is 395 g/mol. The summed E-state index contributed by atoms with van der Waals surface area (Å²) in [6, 6.07) is 12.7. The van der Waals surface area contributed by atoms with E-state index in [-0.39, 0.29) is 23.0 Å². The van der Waals surface area contributed by atoms with Gasteiger partial charge in [0, 0.05) is 22.6 Å². The number of carbonyl (C=O) groups is 1. The Kier molecular flexibility index (Phi) is 4.68. The Morgan fingerprint density at radius 2 is 2.14 bits per heavy atom. The van der Waals surface area contributed by atoms with Gasteiger partial charge in [0.25, 0.3) is 11.6 Å². The second-order valence-corrected chi connectivity index (χ2v) is 6.73. The molecule has 9 nitrogen and oxygen atoms in total. The first-order valence-corrected chi connectivity index (χ1v) is 9.06. The monoisotopic (exact) mass is 395 g/mol. The second kappa shape index (κ2) is 7.45. The fourth-order valence-electron chi connectivity index (χ4n) is 2.53. The number of non-ortho nitro benzene ring substituents is 1. The van der Waals surface area contributed by atoms with Crippen LogP contribution < -0.4 is 5.32 Å². The van der Waals surface area contributed by atoms with E-state index in [1.165, 1.54) is 30.5 Å². The van der Waals surface area contributed by atoms with Crippen molar-refractivity contribution >= 4 is 28.9 Å². The molecule has 1 N–H and O–H groups in total. The number of nitrogens with zero attached hydrogens (tertiary/aromatic N) is 4. The molecule has 0 unspecified atom stereocenters.